The Bertz CT molecular complexity index is 1750. The van der Waals surface area contributed by atoms with Crippen molar-refractivity contribution in [3.63, 3.8) is 0 Å². The fourth-order valence-electron chi connectivity index (χ4n) is 7.58. The van der Waals surface area contributed by atoms with Gasteiger partial charge in [-0.1, -0.05) is 13.8 Å². The van der Waals surface area contributed by atoms with Crippen LogP contribution >= 0.6 is 0 Å². The molecule has 1 saturated carbocycles. The molecule has 4 heterocycles. The van der Waals surface area contributed by atoms with E-state index in [2.05, 4.69) is 0 Å². The number of hydrogen-bond donors (Lipinski definition) is 4. The van der Waals surface area contributed by atoms with Crippen LogP contribution < -0.4 is 9.47 Å². The minimum absolute atomic E-state index is 0.00664. The lowest BCUT2D eigenvalue weighted by atomic mass is 9.62. The number of aliphatic hydroxyl groups excluding tert-OH is 1. The number of benzene rings is 2. The van der Waals surface area contributed by atoms with Gasteiger partial charge in [-0.25, -0.2) is 9.59 Å². The van der Waals surface area contributed by atoms with Crippen LogP contribution in [0.25, 0.3) is 11.1 Å². The number of carbonyl (C=O) groups is 5. The molecule has 0 unspecified atom stereocenters. The van der Waals surface area contributed by atoms with Crippen LogP contribution in [0.1, 0.15) is 53.8 Å². The third-order valence-corrected chi connectivity index (χ3v) is 9.79. The summed E-state index contributed by atoms with van der Waals surface area (Å²) in [6.45, 7) is 3.28. The highest BCUT2D eigenvalue weighted by Crippen LogP contribution is 2.58. The molecule has 8 atom stereocenters. The van der Waals surface area contributed by atoms with E-state index in [9.17, 15) is 44.4 Å². The number of phenolic OH excluding ortho intramolecular Hbond substituents is 2. The molecule has 4 N–H and O–H groups in total. The maximum Gasteiger partial charge on any atom is 0.357 e. The van der Waals surface area contributed by atoms with E-state index < -0.39 is 99.9 Å². The first-order valence-electron chi connectivity index (χ1n) is 14.3. The van der Waals surface area contributed by atoms with Crippen molar-refractivity contribution in [3.05, 3.63) is 35.4 Å². The van der Waals surface area contributed by atoms with E-state index in [4.69, 9.17) is 23.7 Å². The predicted molar refractivity (Wildman–Crippen MR) is 145 cm³/mol. The molecule has 236 valence electrons. The molecular weight excluding hydrogens is 596 g/mol. The van der Waals surface area contributed by atoms with Gasteiger partial charge in [-0.3, -0.25) is 14.4 Å². The Morgan fingerprint density at radius 2 is 1.53 bits per heavy atom. The largest absolute Gasteiger partial charge is 0.506 e. The number of cyclic esters (lactones) is 1. The molecular formula is C31H28O14. The lowest BCUT2D eigenvalue weighted by Gasteiger charge is -2.49. The fourth-order valence-corrected chi connectivity index (χ4v) is 7.58. The quantitative estimate of drug-likeness (QED) is 0.277. The highest BCUT2D eigenvalue weighted by Gasteiger charge is 2.81. The molecule has 5 aliphatic rings. The Labute approximate surface area is 254 Å². The number of Topliss-reactive ketones (excluding diaryl/α,β-unsaturated/α-hetero) is 2. The molecule has 2 aromatic carbocycles. The lowest BCUT2D eigenvalue weighted by Crippen LogP contribution is -2.76. The van der Waals surface area contributed by atoms with Crippen LogP contribution in [0.2, 0.25) is 0 Å². The minimum atomic E-state index is -2.65. The van der Waals surface area contributed by atoms with E-state index in [-0.39, 0.29) is 41.0 Å². The zero-order chi connectivity index (χ0) is 32.4. The van der Waals surface area contributed by atoms with E-state index in [0.717, 1.165) is 7.11 Å². The highest BCUT2D eigenvalue weighted by atomic mass is 16.6. The van der Waals surface area contributed by atoms with Crippen molar-refractivity contribution in [3.8, 4) is 34.1 Å². The van der Waals surface area contributed by atoms with E-state index in [0.29, 0.717) is 0 Å². The first-order chi connectivity index (χ1) is 21.2. The van der Waals surface area contributed by atoms with Crippen LogP contribution in [-0.4, -0.2) is 92.1 Å². The monoisotopic (exact) mass is 624 g/mol. The van der Waals surface area contributed by atoms with Crippen molar-refractivity contribution in [1.82, 2.24) is 0 Å². The summed E-state index contributed by atoms with van der Waals surface area (Å²) in [7, 11) is 1.10. The van der Waals surface area contributed by atoms with Crippen LogP contribution in [0.3, 0.4) is 0 Å². The topological polar surface area (TPSA) is 212 Å². The van der Waals surface area contributed by atoms with Crippen molar-refractivity contribution in [2.24, 2.45) is 11.8 Å². The summed E-state index contributed by atoms with van der Waals surface area (Å²) in [5, 5.41) is 45.3. The number of ketones is 2. The first kappa shape index (κ1) is 29.0. The molecule has 0 aromatic heterocycles. The third-order valence-electron chi connectivity index (χ3n) is 9.79. The van der Waals surface area contributed by atoms with Gasteiger partial charge in [0.1, 0.15) is 46.3 Å². The van der Waals surface area contributed by atoms with Gasteiger partial charge in [0.05, 0.1) is 20.0 Å². The van der Waals surface area contributed by atoms with Gasteiger partial charge in [-0.2, -0.15) is 0 Å². The normalized spacial score (nSPS) is 36.2. The highest BCUT2D eigenvalue weighted by molar-refractivity contribution is 6.15. The van der Waals surface area contributed by atoms with Gasteiger partial charge in [0.2, 0.25) is 17.0 Å². The van der Waals surface area contributed by atoms with Crippen LogP contribution in [-0.2, 0) is 28.6 Å². The Kier molecular flexibility index (Phi) is 5.92. The average molecular weight is 625 g/mol. The third kappa shape index (κ3) is 3.38. The molecule has 4 aliphatic heterocycles. The SMILES string of the molecule is COC(=O)[C@@]1([C@@H]2OC(=O)C[C@H]2C)CC(=O)c2c(ccc(-c3ccc4c(c3O)C(=O)[C@]3(O)[C@@H]5C[C@H](C)[C@H](O)[C@@]3(O4)C(=O)O5)c2O)O1. The molecule has 14 nitrogen and oxygen atoms in total. The van der Waals surface area contributed by atoms with Gasteiger partial charge in [0.15, 0.2) is 11.9 Å². The smallest absolute Gasteiger partial charge is 0.357 e. The van der Waals surface area contributed by atoms with Crippen molar-refractivity contribution in [2.75, 3.05) is 7.11 Å². The number of rotatable bonds is 3. The predicted octanol–water partition coefficient (Wildman–Crippen LogP) is 0.964. The molecule has 7 rings (SSSR count). The molecule has 2 saturated heterocycles. The zero-order valence-corrected chi connectivity index (χ0v) is 24.2. The van der Waals surface area contributed by atoms with E-state index in [1.165, 1.54) is 24.3 Å². The molecule has 2 bridgehead atoms. The van der Waals surface area contributed by atoms with Crippen LogP contribution in [0.4, 0.5) is 0 Å². The second-order valence-electron chi connectivity index (χ2n) is 12.3. The second kappa shape index (κ2) is 9.17. The molecule has 2 aromatic rings. The van der Waals surface area contributed by atoms with Crippen molar-refractivity contribution >= 4 is 29.5 Å². The number of hydrogen-bond acceptors (Lipinski definition) is 14. The Balaban J connectivity index is 1.32. The second-order valence-corrected chi connectivity index (χ2v) is 12.3. The number of methoxy groups -OCH3 is 1. The summed E-state index contributed by atoms with van der Waals surface area (Å²) in [5.41, 5.74) is -8.22. The lowest BCUT2D eigenvalue weighted by molar-refractivity contribution is -0.192. The number of aromatic hydroxyl groups is 2. The van der Waals surface area contributed by atoms with E-state index in [1.807, 2.05) is 0 Å². The molecule has 0 spiro atoms. The van der Waals surface area contributed by atoms with Gasteiger partial charge in [0.25, 0.3) is 5.60 Å². The summed E-state index contributed by atoms with van der Waals surface area (Å²) in [4.78, 5) is 65.4. The van der Waals surface area contributed by atoms with E-state index in [1.54, 1.807) is 13.8 Å². The standard InChI is InChI=1S/C31H28O14/c1-11-8-18-30(40)25(37)21-17(45-31(30,24(11)36)28(39)42-18)7-5-14(23(21)35)13-4-6-16-20(22(13)34)15(32)10-29(44-16,27(38)41-3)26-12(2)9-19(33)43-26/h4-7,11-12,18,24,26,34-36,40H,8-10H2,1-3H3/t11-,12+,18-,24-,26+,29-,30+,31+/m0/s1. The first-order valence-corrected chi connectivity index (χ1v) is 14.3. The molecule has 45 heavy (non-hydrogen) atoms. The molecule has 0 radical (unpaired) electrons. The summed E-state index contributed by atoms with van der Waals surface area (Å²) in [6, 6.07) is 5.02. The average Bonchev–Trinajstić information content (AvgIpc) is 3.42. The molecule has 3 fully saturated rings. The molecule has 1 aliphatic carbocycles. The van der Waals surface area contributed by atoms with Gasteiger partial charge in [-0.05, 0) is 36.6 Å². The van der Waals surface area contributed by atoms with Crippen LogP contribution in [0.5, 0.6) is 23.0 Å². The Hall–Kier alpha value is -4.69. The Morgan fingerprint density at radius 1 is 0.911 bits per heavy atom. The van der Waals surface area contributed by atoms with Gasteiger partial charge < -0.3 is 44.1 Å². The molecule has 14 heteroatoms. The fraction of sp³-hybridized carbons (Fsp3) is 0.452. The number of aliphatic hydroxyl groups is 2. The maximum atomic E-state index is 13.9. The molecule has 0 amide bonds. The van der Waals surface area contributed by atoms with Gasteiger partial charge in [0, 0.05) is 17.0 Å². The zero-order valence-electron chi connectivity index (χ0n) is 24.2. The summed E-state index contributed by atoms with van der Waals surface area (Å²) >= 11 is 0. The number of phenols is 2. The van der Waals surface area contributed by atoms with Crippen LogP contribution in [0.15, 0.2) is 24.3 Å². The number of carbonyl (C=O) groups excluding carboxylic acids is 5. The number of fused-ring (bicyclic) bond motifs is 2. The van der Waals surface area contributed by atoms with Crippen molar-refractivity contribution in [1.29, 1.82) is 0 Å². The Morgan fingerprint density at radius 3 is 2.13 bits per heavy atom. The number of ether oxygens (including phenoxy) is 5. The maximum absolute atomic E-state index is 13.9. The summed E-state index contributed by atoms with van der Waals surface area (Å²) in [5.74, 6) is -7.47. The number of esters is 3. The van der Waals surface area contributed by atoms with Crippen molar-refractivity contribution < 1.29 is 68.1 Å². The van der Waals surface area contributed by atoms with E-state index >= 15 is 0 Å². The van der Waals surface area contributed by atoms with Crippen LogP contribution in [0, 0.1) is 11.8 Å². The van der Waals surface area contributed by atoms with Gasteiger partial charge in [-0.15, -0.1) is 0 Å². The van der Waals surface area contributed by atoms with Crippen molar-refractivity contribution in [2.45, 2.75) is 68.2 Å². The summed E-state index contributed by atoms with van der Waals surface area (Å²) < 4.78 is 27.4. The summed E-state index contributed by atoms with van der Waals surface area (Å²) in [6.07, 6.45) is -4.79. The minimum Gasteiger partial charge on any atom is -0.506 e. The van der Waals surface area contributed by atoms with Gasteiger partial charge >= 0.3 is 17.9 Å².